The summed E-state index contributed by atoms with van der Waals surface area (Å²) in [5, 5.41) is 9.73. The average molecular weight is 360 g/mol. The van der Waals surface area contributed by atoms with Gasteiger partial charge in [-0.25, -0.2) is 0 Å². The molecule has 1 aromatic carbocycles. The van der Waals surface area contributed by atoms with Crippen molar-refractivity contribution in [3.63, 3.8) is 0 Å². The third kappa shape index (κ3) is 3.01. The summed E-state index contributed by atoms with van der Waals surface area (Å²) in [6.07, 6.45) is -0.327. The molecule has 17 heavy (non-hydrogen) atoms. The number of nitrogens with zero attached hydrogens (tertiary/aromatic N) is 2. The van der Waals surface area contributed by atoms with Crippen LogP contribution >= 0.6 is 31.9 Å². The molecule has 1 fully saturated rings. The van der Waals surface area contributed by atoms with Crippen molar-refractivity contribution in [2.75, 3.05) is 24.6 Å². The molecule has 0 amide bonds. The standard InChI is InChI=1S/C12H12Br2N2O/c13-6-9-1-2-12(11(14)5-9)16-3-4-17-10(7-15)8-16/h1-2,5,10H,3-4,6,8H2. The number of anilines is 1. The van der Waals surface area contributed by atoms with Gasteiger partial charge in [-0.15, -0.1) is 0 Å². The first kappa shape index (κ1) is 12.9. The van der Waals surface area contributed by atoms with Crippen molar-refractivity contribution < 1.29 is 4.74 Å². The first-order valence-corrected chi connectivity index (χ1v) is 7.26. The van der Waals surface area contributed by atoms with E-state index in [2.05, 4.69) is 61.0 Å². The quantitative estimate of drug-likeness (QED) is 0.761. The highest BCUT2D eigenvalue weighted by Gasteiger charge is 2.21. The van der Waals surface area contributed by atoms with Crippen LogP contribution in [0.4, 0.5) is 5.69 Å². The number of alkyl halides is 1. The summed E-state index contributed by atoms with van der Waals surface area (Å²) in [4.78, 5) is 2.18. The second kappa shape index (κ2) is 5.85. The zero-order valence-electron chi connectivity index (χ0n) is 9.20. The van der Waals surface area contributed by atoms with Gasteiger partial charge in [-0.3, -0.25) is 0 Å². The van der Waals surface area contributed by atoms with Gasteiger partial charge < -0.3 is 9.64 Å². The van der Waals surface area contributed by atoms with Crippen molar-refractivity contribution >= 4 is 37.5 Å². The van der Waals surface area contributed by atoms with Gasteiger partial charge in [0.05, 0.1) is 24.9 Å². The average Bonchev–Trinajstić information content (AvgIpc) is 2.38. The summed E-state index contributed by atoms with van der Waals surface area (Å²) in [6, 6.07) is 8.43. The highest BCUT2D eigenvalue weighted by atomic mass is 79.9. The zero-order chi connectivity index (χ0) is 12.3. The van der Waals surface area contributed by atoms with Crippen LogP contribution in [0.3, 0.4) is 0 Å². The molecular formula is C12H12Br2N2O. The van der Waals surface area contributed by atoms with Crippen LogP contribution in [0.1, 0.15) is 5.56 Å². The van der Waals surface area contributed by atoms with Gasteiger partial charge >= 0.3 is 0 Å². The molecule has 0 bridgehead atoms. The van der Waals surface area contributed by atoms with E-state index in [1.165, 1.54) is 5.56 Å². The number of hydrogen-bond donors (Lipinski definition) is 0. The van der Waals surface area contributed by atoms with Crippen LogP contribution < -0.4 is 4.90 Å². The molecule has 0 aliphatic carbocycles. The fraction of sp³-hybridized carbons (Fsp3) is 0.417. The molecule has 0 N–H and O–H groups in total. The number of benzene rings is 1. The van der Waals surface area contributed by atoms with E-state index in [4.69, 9.17) is 10.00 Å². The van der Waals surface area contributed by atoms with Crippen molar-refractivity contribution in [1.29, 1.82) is 5.26 Å². The monoisotopic (exact) mass is 358 g/mol. The summed E-state index contributed by atoms with van der Waals surface area (Å²) in [7, 11) is 0. The summed E-state index contributed by atoms with van der Waals surface area (Å²) in [5.74, 6) is 0. The lowest BCUT2D eigenvalue weighted by molar-refractivity contribution is 0.0764. The highest BCUT2D eigenvalue weighted by molar-refractivity contribution is 9.10. The summed E-state index contributed by atoms with van der Waals surface area (Å²) in [5.41, 5.74) is 2.35. The molecule has 90 valence electrons. The first-order chi connectivity index (χ1) is 8.24. The molecule has 1 atom stereocenters. The molecule has 3 nitrogen and oxygen atoms in total. The molecule has 1 saturated heterocycles. The van der Waals surface area contributed by atoms with Crippen LogP contribution in [-0.2, 0) is 10.1 Å². The maximum Gasteiger partial charge on any atom is 0.161 e. The van der Waals surface area contributed by atoms with Crippen molar-refractivity contribution in [3.8, 4) is 6.07 Å². The highest BCUT2D eigenvalue weighted by Crippen LogP contribution is 2.29. The van der Waals surface area contributed by atoms with Crippen molar-refractivity contribution in [3.05, 3.63) is 28.2 Å². The van der Waals surface area contributed by atoms with E-state index in [0.29, 0.717) is 13.2 Å². The Labute approximate surface area is 118 Å². The Bertz CT molecular complexity index is 445. The first-order valence-electron chi connectivity index (χ1n) is 5.35. The summed E-state index contributed by atoms with van der Waals surface area (Å²) >= 11 is 7.01. The molecule has 2 rings (SSSR count). The van der Waals surface area contributed by atoms with E-state index >= 15 is 0 Å². The Morgan fingerprint density at radius 3 is 3.00 bits per heavy atom. The number of nitriles is 1. The third-order valence-corrected chi connectivity index (χ3v) is 4.00. The molecule has 1 unspecified atom stereocenters. The Hall–Kier alpha value is -0.570. The fourth-order valence-electron chi connectivity index (χ4n) is 1.84. The number of halogens is 2. The summed E-state index contributed by atoms with van der Waals surface area (Å²) < 4.78 is 6.40. The molecule has 0 saturated carbocycles. The minimum absolute atomic E-state index is 0.327. The predicted molar refractivity (Wildman–Crippen MR) is 74.3 cm³/mol. The SMILES string of the molecule is N#CC1CN(c2ccc(CBr)cc2Br)CCO1. The lowest BCUT2D eigenvalue weighted by Crippen LogP contribution is -2.42. The van der Waals surface area contributed by atoms with Gasteiger partial charge in [0.15, 0.2) is 6.10 Å². The maximum absolute atomic E-state index is 8.89. The van der Waals surface area contributed by atoms with Crippen LogP contribution in [0.15, 0.2) is 22.7 Å². The van der Waals surface area contributed by atoms with Gasteiger partial charge in [-0.05, 0) is 33.6 Å². The van der Waals surface area contributed by atoms with Crippen LogP contribution in [0, 0.1) is 11.3 Å². The third-order valence-electron chi connectivity index (χ3n) is 2.72. The molecular weight excluding hydrogens is 348 g/mol. The molecule has 0 radical (unpaired) electrons. The van der Waals surface area contributed by atoms with E-state index in [-0.39, 0.29) is 6.10 Å². The van der Waals surface area contributed by atoms with Gasteiger partial charge in [-0.2, -0.15) is 5.26 Å². The predicted octanol–water partition coefficient (Wildman–Crippen LogP) is 3.07. The number of morpholine rings is 1. The van der Waals surface area contributed by atoms with Crippen LogP contribution in [-0.4, -0.2) is 25.8 Å². The second-order valence-corrected chi connectivity index (χ2v) is 5.27. The Balaban J connectivity index is 2.19. The van der Waals surface area contributed by atoms with Crippen LogP contribution in [0.2, 0.25) is 0 Å². The molecule has 0 spiro atoms. The topological polar surface area (TPSA) is 36.3 Å². The van der Waals surface area contributed by atoms with Gasteiger partial charge in [0.25, 0.3) is 0 Å². The van der Waals surface area contributed by atoms with Crippen LogP contribution in [0.25, 0.3) is 0 Å². The smallest absolute Gasteiger partial charge is 0.161 e. The number of ether oxygens (including phenoxy) is 1. The van der Waals surface area contributed by atoms with E-state index in [1.54, 1.807) is 0 Å². The summed E-state index contributed by atoms with van der Waals surface area (Å²) in [6.45, 7) is 2.05. The van der Waals surface area contributed by atoms with Gasteiger partial charge in [-0.1, -0.05) is 22.0 Å². The Morgan fingerprint density at radius 1 is 1.53 bits per heavy atom. The minimum atomic E-state index is -0.327. The van der Waals surface area contributed by atoms with Crippen molar-refractivity contribution in [2.45, 2.75) is 11.4 Å². The van der Waals surface area contributed by atoms with E-state index in [9.17, 15) is 0 Å². The van der Waals surface area contributed by atoms with Gasteiger partial charge in [0.2, 0.25) is 0 Å². The molecule has 1 aliphatic heterocycles. The van der Waals surface area contributed by atoms with E-state index in [0.717, 1.165) is 22.0 Å². The van der Waals surface area contributed by atoms with Crippen molar-refractivity contribution in [2.24, 2.45) is 0 Å². The van der Waals surface area contributed by atoms with Gasteiger partial charge in [0, 0.05) is 16.3 Å². The maximum atomic E-state index is 8.89. The normalized spacial score (nSPS) is 20.1. The largest absolute Gasteiger partial charge is 0.365 e. The fourth-order valence-corrected chi connectivity index (χ4v) is 2.86. The lowest BCUT2D eigenvalue weighted by Gasteiger charge is -2.32. The zero-order valence-corrected chi connectivity index (χ0v) is 12.4. The van der Waals surface area contributed by atoms with E-state index in [1.807, 2.05) is 0 Å². The molecule has 1 heterocycles. The van der Waals surface area contributed by atoms with Gasteiger partial charge in [0.1, 0.15) is 0 Å². The Kier molecular flexibility index (Phi) is 4.43. The lowest BCUT2D eigenvalue weighted by atomic mass is 10.2. The molecule has 5 heteroatoms. The second-order valence-electron chi connectivity index (χ2n) is 3.85. The van der Waals surface area contributed by atoms with Crippen molar-refractivity contribution in [1.82, 2.24) is 0 Å². The minimum Gasteiger partial charge on any atom is -0.365 e. The number of hydrogen-bond acceptors (Lipinski definition) is 3. The van der Waals surface area contributed by atoms with E-state index < -0.39 is 0 Å². The molecule has 0 aromatic heterocycles. The van der Waals surface area contributed by atoms with Crippen LogP contribution in [0.5, 0.6) is 0 Å². The molecule has 1 aromatic rings. The number of rotatable bonds is 2. The Morgan fingerprint density at radius 2 is 2.35 bits per heavy atom. The molecule has 1 aliphatic rings.